The first-order valence-electron chi connectivity index (χ1n) is 4.50. The molecule has 7 heteroatoms. The van der Waals surface area contributed by atoms with Gasteiger partial charge in [-0.25, -0.2) is 8.78 Å². The standard InChI is InChI=1S/C10H8F2N2O3/c11-7-4-6(2-1-3-10(13)15)9(14(16)17)5-8(7)12/h1-2,4-5H,3H2,(H2,13,15). The van der Waals surface area contributed by atoms with Gasteiger partial charge in [0.2, 0.25) is 5.91 Å². The van der Waals surface area contributed by atoms with E-state index in [0.29, 0.717) is 12.1 Å². The summed E-state index contributed by atoms with van der Waals surface area (Å²) in [6.45, 7) is 0. The van der Waals surface area contributed by atoms with Crippen LogP contribution < -0.4 is 5.73 Å². The highest BCUT2D eigenvalue weighted by Gasteiger charge is 2.16. The summed E-state index contributed by atoms with van der Waals surface area (Å²) < 4.78 is 25.7. The van der Waals surface area contributed by atoms with Crippen LogP contribution in [0.5, 0.6) is 0 Å². The van der Waals surface area contributed by atoms with Gasteiger partial charge in [0.25, 0.3) is 5.69 Å². The third kappa shape index (κ3) is 3.33. The Morgan fingerprint density at radius 3 is 2.53 bits per heavy atom. The van der Waals surface area contributed by atoms with E-state index in [9.17, 15) is 23.7 Å². The summed E-state index contributed by atoms with van der Waals surface area (Å²) in [4.78, 5) is 20.2. The molecular weight excluding hydrogens is 234 g/mol. The fourth-order valence-corrected chi connectivity index (χ4v) is 1.15. The fourth-order valence-electron chi connectivity index (χ4n) is 1.15. The minimum Gasteiger partial charge on any atom is -0.369 e. The predicted octanol–water partition coefficient (Wildman–Crippen LogP) is 1.76. The fraction of sp³-hybridized carbons (Fsp3) is 0.100. The Bertz CT molecular complexity index is 501. The van der Waals surface area contributed by atoms with Crippen molar-refractivity contribution in [2.45, 2.75) is 6.42 Å². The first kappa shape index (κ1) is 12.8. The normalized spacial score (nSPS) is 10.7. The lowest BCUT2D eigenvalue weighted by Gasteiger charge is -1.99. The van der Waals surface area contributed by atoms with E-state index in [0.717, 1.165) is 6.08 Å². The molecule has 0 bridgehead atoms. The Hall–Kier alpha value is -2.31. The molecule has 0 unspecified atom stereocenters. The Morgan fingerprint density at radius 2 is 2.00 bits per heavy atom. The highest BCUT2D eigenvalue weighted by molar-refractivity contribution is 5.77. The molecule has 0 aromatic heterocycles. The Morgan fingerprint density at radius 1 is 1.41 bits per heavy atom. The van der Waals surface area contributed by atoms with Crippen molar-refractivity contribution < 1.29 is 18.5 Å². The molecule has 0 fully saturated rings. The van der Waals surface area contributed by atoms with E-state index in [1.165, 1.54) is 6.08 Å². The number of amides is 1. The number of nitro groups is 1. The molecule has 90 valence electrons. The monoisotopic (exact) mass is 242 g/mol. The number of primary amides is 1. The minimum absolute atomic E-state index is 0.129. The molecule has 1 rings (SSSR count). The average molecular weight is 242 g/mol. The highest BCUT2D eigenvalue weighted by atomic mass is 19.2. The van der Waals surface area contributed by atoms with E-state index in [1.54, 1.807) is 0 Å². The van der Waals surface area contributed by atoms with Gasteiger partial charge in [-0.15, -0.1) is 0 Å². The van der Waals surface area contributed by atoms with Crippen molar-refractivity contribution in [3.63, 3.8) is 0 Å². The van der Waals surface area contributed by atoms with Gasteiger partial charge < -0.3 is 5.73 Å². The zero-order valence-corrected chi connectivity index (χ0v) is 8.52. The van der Waals surface area contributed by atoms with Gasteiger partial charge in [-0.2, -0.15) is 0 Å². The molecule has 1 amide bonds. The van der Waals surface area contributed by atoms with Crippen molar-refractivity contribution in [2.75, 3.05) is 0 Å². The average Bonchev–Trinajstić information content (AvgIpc) is 2.22. The summed E-state index contributed by atoms with van der Waals surface area (Å²) in [5.41, 5.74) is 4.14. The second-order valence-electron chi connectivity index (χ2n) is 3.16. The van der Waals surface area contributed by atoms with Crippen molar-refractivity contribution in [2.24, 2.45) is 5.73 Å². The molecule has 0 aliphatic heterocycles. The summed E-state index contributed by atoms with van der Waals surface area (Å²) in [5.74, 6) is -3.13. The maximum absolute atomic E-state index is 12.9. The summed E-state index contributed by atoms with van der Waals surface area (Å²) >= 11 is 0. The lowest BCUT2D eigenvalue weighted by atomic mass is 10.1. The number of halogens is 2. The minimum atomic E-state index is -1.30. The number of nitrogens with zero attached hydrogens (tertiary/aromatic N) is 1. The molecule has 0 spiro atoms. The van der Waals surface area contributed by atoms with Crippen LogP contribution >= 0.6 is 0 Å². The van der Waals surface area contributed by atoms with Gasteiger partial charge in [-0.1, -0.05) is 12.2 Å². The molecule has 0 atom stereocenters. The number of hydrogen-bond donors (Lipinski definition) is 1. The number of rotatable bonds is 4. The topological polar surface area (TPSA) is 86.2 Å². The van der Waals surface area contributed by atoms with Gasteiger partial charge in [0, 0.05) is 6.42 Å². The molecule has 0 heterocycles. The second-order valence-corrected chi connectivity index (χ2v) is 3.16. The van der Waals surface area contributed by atoms with Crippen LogP contribution in [0.2, 0.25) is 0 Å². The van der Waals surface area contributed by atoms with E-state index in [4.69, 9.17) is 5.73 Å². The molecule has 17 heavy (non-hydrogen) atoms. The lowest BCUT2D eigenvalue weighted by Crippen LogP contribution is -2.07. The number of nitro benzene ring substituents is 1. The lowest BCUT2D eigenvalue weighted by molar-refractivity contribution is -0.385. The van der Waals surface area contributed by atoms with Crippen LogP contribution in [0.4, 0.5) is 14.5 Å². The van der Waals surface area contributed by atoms with E-state index < -0.39 is 28.2 Å². The number of carbonyl (C=O) groups excluding carboxylic acids is 1. The summed E-state index contributed by atoms with van der Waals surface area (Å²) in [6.07, 6.45) is 2.24. The van der Waals surface area contributed by atoms with E-state index >= 15 is 0 Å². The SMILES string of the molecule is NC(=O)CC=Cc1cc(F)c(F)cc1[N+](=O)[O-]. The maximum Gasteiger partial charge on any atom is 0.279 e. The maximum atomic E-state index is 12.9. The Kier molecular flexibility index (Phi) is 3.86. The first-order chi connectivity index (χ1) is 7.91. The van der Waals surface area contributed by atoms with E-state index in [2.05, 4.69) is 0 Å². The van der Waals surface area contributed by atoms with Gasteiger partial charge in [0.05, 0.1) is 16.6 Å². The Balaban J connectivity index is 3.13. The van der Waals surface area contributed by atoms with Crippen LogP contribution in [0.1, 0.15) is 12.0 Å². The third-order valence-electron chi connectivity index (χ3n) is 1.88. The zero-order chi connectivity index (χ0) is 13.0. The van der Waals surface area contributed by atoms with Gasteiger partial charge in [0.1, 0.15) is 0 Å². The van der Waals surface area contributed by atoms with E-state index in [-0.39, 0.29) is 12.0 Å². The quantitative estimate of drug-likeness (QED) is 0.644. The van der Waals surface area contributed by atoms with Crippen molar-refractivity contribution >= 4 is 17.7 Å². The molecule has 0 aliphatic carbocycles. The number of nitrogens with two attached hydrogens (primary N) is 1. The number of benzene rings is 1. The summed E-state index contributed by atoms with van der Waals surface area (Å²) in [7, 11) is 0. The van der Waals surface area contributed by atoms with Crippen molar-refractivity contribution in [3.05, 3.63) is 45.5 Å². The first-order valence-corrected chi connectivity index (χ1v) is 4.50. The van der Waals surface area contributed by atoms with Gasteiger partial charge >= 0.3 is 0 Å². The molecule has 1 aromatic carbocycles. The smallest absolute Gasteiger partial charge is 0.279 e. The summed E-state index contributed by atoms with van der Waals surface area (Å²) in [6, 6.07) is 1.17. The summed E-state index contributed by atoms with van der Waals surface area (Å²) in [5, 5.41) is 10.6. The Labute approximate surface area is 94.7 Å². The number of carbonyl (C=O) groups is 1. The van der Waals surface area contributed by atoms with Crippen LogP contribution in [0, 0.1) is 21.7 Å². The highest BCUT2D eigenvalue weighted by Crippen LogP contribution is 2.23. The molecule has 1 aromatic rings. The molecule has 0 radical (unpaired) electrons. The van der Waals surface area contributed by atoms with E-state index in [1.807, 2.05) is 0 Å². The largest absolute Gasteiger partial charge is 0.369 e. The molecule has 2 N–H and O–H groups in total. The van der Waals surface area contributed by atoms with Gasteiger partial charge in [-0.3, -0.25) is 14.9 Å². The second kappa shape index (κ2) is 5.15. The van der Waals surface area contributed by atoms with Crippen LogP contribution in [0.3, 0.4) is 0 Å². The molecular formula is C10H8F2N2O3. The number of hydrogen-bond acceptors (Lipinski definition) is 3. The van der Waals surface area contributed by atoms with Crippen molar-refractivity contribution in [1.29, 1.82) is 0 Å². The molecule has 0 saturated heterocycles. The van der Waals surface area contributed by atoms with Crippen molar-refractivity contribution in [3.8, 4) is 0 Å². The zero-order valence-electron chi connectivity index (χ0n) is 8.52. The van der Waals surface area contributed by atoms with Crippen LogP contribution in [0.15, 0.2) is 18.2 Å². The van der Waals surface area contributed by atoms with Crippen molar-refractivity contribution in [1.82, 2.24) is 0 Å². The molecule has 0 aliphatic rings. The molecule has 5 nitrogen and oxygen atoms in total. The van der Waals surface area contributed by atoms with Crippen LogP contribution in [-0.2, 0) is 4.79 Å². The third-order valence-corrected chi connectivity index (χ3v) is 1.88. The van der Waals surface area contributed by atoms with Gasteiger partial charge in [-0.05, 0) is 6.07 Å². The van der Waals surface area contributed by atoms with Gasteiger partial charge in [0.15, 0.2) is 11.6 Å². The molecule has 0 saturated carbocycles. The van der Waals surface area contributed by atoms with Crippen LogP contribution in [0.25, 0.3) is 6.08 Å². The van der Waals surface area contributed by atoms with Crippen LogP contribution in [-0.4, -0.2) is 10.8 Å². The predicted molar refractivity (Wildman–Crippen MR) is 55.9 cm³/mol.